The van der Waals surface area contributed by atoms with Gasteiger partial charge in [0.1, 0.15) is 12.1 Å². The number of carbonyl (C=O) groups is 1. The molecule has 2 aromatic heterocycles. The van der Waals surface area contributed by atoms with Gasteiger partial charge in [-0.2, -0.15) is 13.2 Å². The van der Waals surface area contributed by atoms with Crippen molar-refractivity contribution in [3.63, 3.8) is 0 Å². The molecule has 2 heterocycles. The lowest BCUT2D eigenvalue weighted by atomic mass is 10.2. The molecule has 0 saturated heterocycles. The maximum Gasteiger partial charge on any atom is 0.406 e. The summed E-state index contributed by atoms with van der Waals surface area (Å²) in [5, 5.41) is 9.36. The number of rotatable bonds is 2. The van der Waals surface area contributed by atoms with Crippen LogP contribution in [0.1, 0.15) is 10.6 Å². The van der Waals surface area contributed by atoms with E-state index in [2.05, 4.69) is 9.97 Å². The number of fused-ring (bicyclic) bond motifs is 3. The van der Waals surface area contributed by atoms with Crippen LogP contribution in [0.5, 0.6) is 0 Å². The normalized spacial score (nSPS) is 12.1. The number of hydrogen-bond acceptors (Lipinski definition) is 3. The van der Waals surface area contributed by atoms with Gasteiger partial charge in [-0.1, -0.05) is 18.2 Å². The lowest BCUT2D eigenvalue weighted by Gasteiger charge is -2.10. The van der Waals surface area contributed by atoms with Crippen molar-refractivity contribution in [2.75, 3.05) is 0 Å². The minimum Gasteiger partial charge on any atom is -0.475 e. The van der Waals surface area contributed by atoms with Gasteiger partial charge in [0.2, 0.25) is 5.82 Å². The van der Waals surface area contributed by atoms with Gasteiger partial charge in [0.15, 0.2) is 0 Å². The second-order valence-electron chi connectivity index (χ2n) is 4.45. The monoisotopic (exact) mass is 295 g/mol. The van der Waals surface area contributed by atoms with Crippen LogP contribution in [0, 0.1) is 0 Å². The SMILES string of the molecule is O=C(O)c1ncc2c(n1)c1ccccc1n2CC(F)(F)F. The van der Waals surface area contributed by atoms with E-state index in [0.717, 1.165) is 10.8 Å². The molecule has 1 N–H and O–H groups in total. The minimum atomic E-state index is -4.40. The number of benzene rings is 1. The van der Waals surface area contributed by atoms with E-state index in [-0.39, 0.29) is 11.0 Å². The molecular weight excluding hydrogens is 287 g/mol. The number of hydrogen-bond donors (Lipinski definition) is 1. The highest BCUT2D eigenvalue weighted by molar-refractivity contribution is 6.06. The average molecular weight is 295 g/mol. The van der Waals surface area contributed by atoms with Gasteiger partial charge in [-0.05, 0) is 6.07 Å². The summed E-state index contributed by atoms with van der Waals surface area (Å²) in [6.07, 6.45) is -3.29. The van der Waals surface area contributed by atoms with E-state index in [1.165, 1.54) is 6.07 Å². The van der Waals surface area contributed by atoms with Gasteiger partial charge in [-0.3, -0.25) is 0 Å². The number of carboxylic acids is 1. The number of alkyl halides is 3. The molecule has 0 radical (unpaired) electrons. The van der Waals surface area contributed by atoms with Crippen LogP contribution in [0.2, 0.25) is 0 Å². The molecule has 0 saturated carbocycles. The van der Waals surface area contributed by atoms with E-state index in [4.69, 9.17) is 5.11 Å². The third-order valence-corrected chi connectivity index (χ3v) is 3.04. The summed E-state index contributed by atoms with van der Waals surface area (Å²) in [6.45, 7) is -1.19. The topological polar surface area (TPSA) is 68.0 Å². The molecule has 0 atom stereocenters. The summed E-state index contributed by atoms with van der Waals surface area (Å²) in [7, 11) is 0. The number of aromatic nitrogens is 3. The first-order valence-corrected chi connectivity index (χ1v) is 5.91. The van der Waals surface area contributed by atoms with Gasteiger partial charge in [0, 0.05) is 5.39 Å². The van der Waals surface area contributed by atoms with Crippen molar-refractivity contribution in [1.82, 2.24) is 14.5 Å². The molecule has 0 spiro atoms. The Hall–Kier alpha value is -2.64. The second-order valence-corrected chi connectivity index (χ2v) is 4.45. The summed E-state index contributed by atoms with van der Waals surface area (Å²) < 4.78 is 39.2. The van der Waals surface area contributed by atoms with Crippen LogP contribution < -0.4 is 0 Å². The highest BCUT2D eigenvalue weighted by Crippen LogP contribution is 2.30. The molecule has 0 aliphatic heterocycles. The Morgan fingerprint density at radius 2 is 1.95 bits per heavy atom. The van der Waals surface area contributed by atoms with Crippen molar-refractivity contribution in [2.45, 2.75) is 12.7 Å². The Morgan fingerprint density at radius 3 is 2.62 bits per heavy atom. The Bertz CT molecular complexity index is 855. The molecular formula is C13H8F3N3O2. The molecule has 0 fully saturated rings. The predicted molar refractivity (Wildman–Crippen MR) is 68.0 cm³/mol. The van der Waals surface area contributed by atoms with Crippen LogP contribution in [0.3, 0.4) is 0 Å². The highest BCUT2D eigenvalue weighted by Gasteiger charge is 2.30. The smallest absolute Gasteiger partial charge is 0.406 e. The molecule has 0 bridgehead atoms. The summed E-state index contributed by atoms with van der Waals surface area (Å²) in [6, 6.07) is 6.40. The molecule has 0 unspecified atom stereocenters. The molecule has 0 amide bonds. The lowest BCUT2D eigenvalue weighted by Crippen LogP contribution is -2.17. The van der Waals surface area contributed by atoms with Crippen LogP contribution in [0.4, 0.5) is 13.2 Å². The maximum atomic E-state index is 12.7. The molecule has 21 heavy (non-hydrogen) atoms. The Labute approximate surface area is 115 Å². The minimum absolute atomic E-state index is 0.151. The van der Waals surface area contributed by atoms with Gasteiger partial charge in [0.25, 0.3) is 0 Å². The molecule has 5 nitrogen and oxygen atoms in total. The van der Waals surface area contributed by atoms with E-state index in [1.807, 2.05) is 0 Å². The van der Waals surface area contributed by atoms with Crippen molar-refractivity contribution in [3.05, 3.63) is 36.3 Å². The third kappa shape index (κ3) is 2.28. The largest absolute Gasteiger partial charge is 0.475 e. The van der Waals surface area contributed by atoms with E-state index in [0.29, 0.717) is 10.9 Å². The molecule has 3 aromatic rings. The Balaban J connectivity index is 2.36. The Kier molecular flexibility index (Phi) is 2.82. The van der Waals surface area contributed by atoms with Crippen LogP contribution >= 0.6 is 0 Å². The van der Waals surface area contributed by atoms with E-state index in [9.17, 15) is 18.0 Å². The lowest BCUT2D eigenvalue weighted by molar-refractivity contribution is -0.139. The van der Waals surface area contributed by atoms with Crippen molar-refractivity contribution < 1.29 is 23.1 Å². The second kappa shape index (κ2) is 4.44. The first-order chi connectivity index (χ1) is 9.87. The zero-order valence-corrected chi connectivity index (χ0v) is 10.4. The van der Waals surface area contributed by atoms with Crippen LogP contribution in [-0.4, -0.2) is 31.8 Å². The number of nitrogens with zero attached hydrogens (tertiary/aromatic N) is 3. The molecule has 3 rings (SSSR count). The molecule has 1 aromatic carbocycles. The van der Waals surface area contributed by atoms with Gasteiger partial charge in [-0.25, -0.2) is 14.8 Å². The average Bonchev–Trinajstić information content (AvgIpc) is 2.71. The van der Waals surface area contributed by atoms with Gasteiger partial charge in [0.05, 0.1) is 17.2 Å². The van der Waals surface area contributed by atoms with Gasteiger partial charge < -0.3 is 9.67 Å². The first-order valence-electron chi connectivity index (χ1n) is 5.91. The Morgan fingerprint density at radius 1 is 1.24 bits per heavy atom. The van der Waals surface area contributed by atoms with Crippen molar-refractivity contribution in [3.8, 4) is 0 Å². The number of halogens is 3. The molecule has 108 valence electrons. The van der Waals surface area contributed by atoms with E-state index < -0.39 is 24.5 Å². The maximum absolute atomic E-state index is 12.7. The zero-order valence-electron chi connectivity index (χ0n) is 10.4. The molecule has 8 heteroatoms. The fourth-order valence-electron chi connectivity index (χ4n) is 2.26. The fraction of sp³-hybridized carbons (Fsp3) is 0.154. The summed E-state index contributed by atoms with van der Waals surface area (Å²) in [5.74, 6) is -1.78. The first kappa shape index (κ1) is 13.3. The number of aromatic carboxylic acids is 1. The summed E-state index contributed by atoms with van der Waals surface area (Å²) in [5.41, 5.74) is 0.683. The zero-order chi connectivity index (χ0) is 15.2. The van der Waals surface area contributed by atoms with E-state index >= 15 is 0 Å². The predicted octanol–water partition coefficient (Wildman–Crippen LogP) is 2.85. The molecule has 0 aliphatic rings. The van der Waals surface area contributed by atoms with Gasteiger partial charge >= 0.3 is 12.1 Å². The third-order valence-electron chi connectivity index (χ3n) is 3.04. The highest BCUT2D eigenvalue weighted by atomic mass is 19.4. The summed E-state index contributed by atoms with van der Waals surface area (Å²) in [4.78, 5) is 18.4. The summed E-state index contributed by atoms with van der Waals surface area (Å²) >= 11 is 0. The van der Waals surface area contributed by atoms with Crippen LogP contribution in [-0.2, 0) is 6.54 Å². The fourth-order valence-corrected chi connectivity index (χ4v) is 2.26. The van der Waals surface area contributed by atoms with Crippen molar-refractivity contribution in [1.29, 1.82) is 0 Å². The van der Waals surface area contributed by atoms with Crippen molar-refractivity contribution >= 4 is 27.9 Å². The van der Waals surface area contributed by atoms with Crippen molar-refractivity contribution in [2.24, 2.45) is 0 Å². The standard InChI is InChI=1S/C13H8F3N3O2/c14-13(15,16)6-19-8-4-2-1-3-7(8)10-9(19)5-17-11(18-10)12(20)21/h1-5H,6H2,(H,20,21). The van der Waals surface area contributed by atoms with Crippen LogP contribution in [0.15, 0.2) is 30.5 Å². The quantitative estimate of drug-likeness (QED) is 0.789. The molecule has 0 aliphatic carbocycles. The van der Waals surface area contributed by atoms with Crippen LogP contribution in [0.25, 0.3) is 21.9 Å². The number of carboxylic acid groups (broad SMARTS) is 1. The van der Waals surface area contributed by atoms with Gasteiger partial charge in [-0.15, -0.1) is 0 Å². The van der Waals surface area contributed by atoms with E-state index in [1.54, 1.807) is 18.2 Å². The number of para-hydroxylation sites is 1.